The second-order valence-electron chi connectivity index (χ2n) is 3.24. The van der Waals surface area contributed by atoms with Crippen LogP contribution in [0.15, 0.2) is 15.2 Å². The first-order chi connectivity index (χ1) is 4.11. The molecule has 1 heterocycles. The standard InChI is InChI=1S/C6H11N3/c1-6(2,3)5-7-4-8-9-5/h4-5H,1-3H3. The maximum atomic E-state index is 4.05. The zero-order chi connectivity index (χ0) is 6.91. The summed E-state index contributed by atoms with van der Waals surface area (Å²) in [6.45, 7) is 6.29. The van der Waals surface area contributed by atoms with E-state index in [1.807, 2.05) is 0 Å². The molecule has 1 atom stereocenters. The molecule has 0 saturated carbocycles. The summed E-state index contributed by atoms with van der Waals surface area (Å²) in [5.74, 6) is 0. The number of aliphatic imine (C=N–C) groups is 1. The number of azo groups is 1. The smallest absolute Gasteiger partial charge is 0.167 e. The van der Waals surface area contributed by atoms with Crippen molar-refractivity contribution in [2.75, 3.05) is 0 Å². The van der Waals surface area contributed by atoms with Crippen molar-refractivity contribution in [1.29, 1.82) is 0 Å². The maximum Gasteiger partial charge on any atom is 0.167 e. The van der Waals surface area contributed by atoms with Gasteiger partial charge in [0, 0.05) is 5.41 Å². The highest BCUT2D eigenvalue weighted by molar-refractivity contribution is 5.56. The van der Waals surface area contributed by atoms with E-state index in [0.29, 0.717) is 0 Å². The highest BCUT2D eigenvalue weighted by Crippen LogP contribution is 2.24. The maximum absolute atomic E-state index is 4.05. The average Bonchev–Trinajstić information content (AvgIpc) is 2.08. The summed E-state index contributed by atoms with van der Waals surface area (Å²) in [7, 11) is 0. The molecule has 0 bridgehead atoms. The molecule has 0 aromatic heterocycles. The van der Waals surface area contributed by atoms with Crippen LogP contribution in [0, 0.1) is 5.41 Å². The van der Waals surface area contributed by atoms with Crippen molar-refractivity contribution in [3.05, 3.63) is 0 Å². The fourth-order valence-electron chi connectivity index (χ4n) is 0.613. The average molecular weight is 125 g/mol. The predicted molar refractivity (Wildman–Crippen MR) is 36.6 cm³/mol. The third kappa shape index (κ3) is 1.34. The summed E-state index contributed by atoms with van der Waals surface area (Å²) in [4.78, 5) is 4.05. The highest BCUT2D eigenvalue weighted by Gasteiger charge is 2.24. The van der Waals surface area contributed by atoms with E-state index in [1.165, 1.54) is 6.34 Å². The molecule has 3 heteroatoms. The molecule has 9 heavy (non-hydrogen) atoms. The molecular weight excluding hydrogens is 114 g/mol. The van der Waals surface area contributed by atoms with Crippen LogP contribution in [-0.4, -0.2) is 12.5 Å². The third-order valence-corrected chi connectivity index (χ3v) is 1.21. The lowest BCUT2D eigenvalue weighted by atomic mass is 9.93. The van der Waals surface area contributed by atoms with Gasteiger partial charge in [-0.15, -0.1) is 5.11 Å². The lowest BCUT2D eigenvalue weighted by Crippen LogP contribution is -2.20. The third-order valence-electron chi connectivity index (χ3n) is 1.21. The minimum Gasteiger partial charge on any atom is -0.242 e. The molecule has 0 aromatic carbocycles. The van der Waals surface area contributed by atoms with E-state index in [0.717, 1.165) is 0 Å². The van der Waals surface area contributed by atoms with E-state index >= 15 is 0 Å². The molecule has 50 valence electrons. The van der Waals surface area contributed by atoms with Crippen LogP contribution in [-0.2, 0) is 0 Å². The molecule has 0 spiro atoms. The van der Waals surface area contributed by atoms with Gasteiger partial charge in [0.05, 0.1) is 0 Å². The van der Waals surface area contributed by atoms with E-state index in [1.54, 1.807) is 0 Å². The van der Waals surface area contributed by atoms with Gasteiger partial charge in [0.25, 0.3) is 0 Å². The second kappa shape index (κ2) is 1.90. The van der Waals surface area contributed by atoms with Gasteiger partial charge in [-0.1, -0.05) is 20.8 Å². The van der Waals surface area contributed by atoms with Crippen LogP contribution < -0.4 is 0 Å². The molecule has 0 amide bonds. The first-order valence-electron chi connectivity index (χ1n) is 3.02. The molecule has 1 aliphatic heterocycles. The van der Waals surface area contributed by atoms with Crippen molar-refractivity contribution in [1.82, 2.24) is 0 Å². The molecule has 0 radical (unpaired) electrons. The number of hydrogen-bond donors (Lipinski definition) is 0. The summed E-state index contributed by atoms with van der Waals surface area (Å²) in [6, 6.07) is 0. The van der Waals surface area contributed by atoms with Gasteiger partial charge in [0.1, 0.15) is 6.34 Å². The van der Waals surface area contributed by atoms with Gasteiger partial charge >= 0.3 is 0 Å². The van der Waals surface area contributed by atoms with Gasteiger partial charge in [-0.3, -0.25) is 0 Å². The van der Waals surface area contributed by atoms with Gasteiger partial charge in [0.2, 0.25) is 0 Å². The quantitative estimate of drug-likeness (QED) is 0.474. The van der Waals surface area contributed by atoms with Crippen LogP contribution in [0.2, 0.25) is 0 Å². The van der Waals surface area contributed by atoms with Gasteiger partial charge in [-0.05, 0) is 0 Å². The van der Waals surface area contributed by atoms with Crippen molar-refractivity contribution < 1.29 is 0 Å². The monoisotopic (exact) mass is 125 g/mol. The molecule has 0 fully saturated rings. The number of hydrogen-bond acceptors (Lipinski definition) is 3. The number of rotatable bonds is 0. The van der Waals surface area contributed by atoms with Gasteiger partial charge < -0.3 is 0 Å². The molecule has 3 nitrogen and oxygen atoms in total. The second-order valence-corrected chi connectivity index (χ2v) is 3.24. The van der Waals surface area contributed by atoms with Gasteiger partial charge in [-0.2, -0.15) is 5.11 Å². The first kappa shape index (κ1) is 6.39. The molecule has 1 rings (SSSR count). The summed E-state index contributed by atoms with van der Waals surface area (Å²) in [5, 5.41) is 7.57. The predicted octanol–water partition coefficient (Wildman–Crippen LogP) is 1.85. The Bertz CT molecular complexity index is 140. The van der Waals surface area contributed by atoms with E-state index < -0.39 is 0 Å². The first-order valence-corrected chi connectivity index (χ1v) is 3.02. The zero-order valence-corrected chi connectivity index (χ0v) is 6.00. The summed E-state index contributed by atoms with van der Waals surface area (Å²) < 4.78 is 0. The molecule has 0 N–H and O–H groups in total. The van der Waals surface area contributed by atoms with E-state index in [-0.39, 0.29) is 11.6 Å². The minimum absolute atomic E-state index is 0.0394. The van der Waals surface area contributed by atoms with Crippen LogP contribution in [0.4, 0.5) is 0 Å². The molecule has 0 aliphatic carbocycles. The van der Waals surface area contributed by atoms with Crippen LogP contribution >= 0.6 is 0 Å². The Morgan fingerprint density at radius 1 is 1.33 bits per heavy atom. The zero-order valence-electron chi connectivity index (χ0n) is 6.00. The van der Waals surface area contributed by atoms with E-state index in [9.17, 15) is 0 Å². The van der Waals surface area contributed by atoms with Crippen LogP contribution in [0.25, 0.3) is 0 Å². The van der Waals surface area contributed by atoms with Crippen molar-refractivity contribution in [2.45, 2.75) is 26.9 Å². The fourth-order valence-corrected chi connectivity index (χ4v) is 0.613. The van der Waals surface area contributed by atoms with Crippen molar-refractivity contribution in [2.24, 2.45) is 20.6 Å². The topological polar surface area (TPSA) is 37.1 Å². The van der Waals surface area contributed by atoms with Crippen LogP contribution in [0.1, 0.15) is 20.8 Å². The van der Waals surface area contributed by atoms with Gasteiger partial charge in [-0.25, -0.2) is 4.99 Å². The molecule has 0 saturated heterocycles. The fraction of sp³-hybridized carbons (Fsp3) is 0.833. The molecular formula is C6H11N3. The summed E-state index contributed by atoms with van der Waals surface area (Å²) >= 11 is 0. The normalized spacial score (nSPS) is 25.4. The Balaban J connectivity index is 2.64. The molecule has 1 unspecified atom stereocenters. The highest BCUT2D eigenvalue weighted by atomic mass is 15.3. The summed E-state index contributed by atoms with van der Waals surface area (Å²) in [6.07, 6.45) is 1.55. The van der Waals surface area contributed by atoms with Gasteiger partial charge in [0.15, 0.2) is 6.17 Å². The summed E-state index contributed by atoms with van der Waals surface area (Å²) in [5.41, 5.74) is 0.122. The van der Waals surface area contributed by atoms with Crippen LogP contribution in [0.5, 0.6) is 0 Å². The lowest BCUT2D eigenvalue weighted by molar-refractivity contribution is 0.330. The van der Waals surface area contributed by atoms with Crippen molar-refractivity contribution >= 4 is 6.34 Å². The van der Waals surface area contributed by atoms with Crippen molar-refractivity contribution in [3.63, 3.8) is 0 Å². The van der Waals surface area contributed by atoms with Crippen LogP contribution in [0.3, 0.4) is 0 Å². The minimum atomic E-state index is 0.0394. The lowest BCUT2D eigenvalue weighted by Gasteiger charge is -2.19. The Hall–Kier alpha value is -0.730. The van der Waals surface area contributed by atoms with Crippen molar-refractivity contribution in [3.8, 4) is 0 Å². The molecule has 1 aliphatic rings. The number of nitrogens with zero attached hydrogens (tertiary/aromatic N) is 3. The Morgan fingerprint density at radius 2 is 2.00 bits per heavy atom. The Labute approximate surface area is 54.9 Å². The SMILES string of the molecule is CC(C)(C)C1N=CN=N1. The Morgan fingerprint density at radius 3 is 2.22 bits per heavy atom. The largest absolute Gasteiger partial charge is 0.242 e. The van der Waals surface area contributed by atoms with E-state index in [2.05, 4.69) is 36.0 Å². The molecule has 0 aromatic rings. The van der Waals surface area contributed by atoms with E-state index in [4.69, 9.17) is 0 Å². The Kier molecular flexibility index (Phi) is 1.35.